The number of carbonyl (C=O) groups is 2. The molecule has 8 heteroatoms. The number of nitrogens with zero attached hydrogens (tertiary/aromatic N) is 3. The van der Waals surface area contributed by atoms with Crippen LogP contribution in [0, 0.1) is 5.41 Å². The number of ether oxygens (including phenoxy) is 1. The molecule has 3 heterocycles. The highest BCUT2D eigenvalue weighted by Gasteiger charge is 2.31. The summed E-state index contributed by atoms with van der Waals surface area (Å²) in [5.74, 6) is 0.124. The minimum atomic E-state index is -0.501. The maximum atomic E-state index is 13.4. The first-order chi connectivity index (χ1) is 14.1. The van der Waals surface area contributed by atoms with Gasteiger partial charge in [0, 0.05) is 56.8 Å². The minimum absolute atomic E-state index is 0.0396. The average Bonchev–Trinajstić information content (AvgIpc) is 3.09. The van der Waals surface area contributed by atoms with Crippen molar-refractivity contribution in [3.8, 4) is 5.75 Å². The van der Waals surface area contributed by atoms with E-state index in [2.05, 4.69) is 0 Å². The fourth-order valence-corrected chi connectivity index (χ4v) is 4.40. The highest BCUT2D eigenvalue weighted by Crippen LogP contribution is 2.26. The van der Waals surface area contributed by atoms with E-state index >= 15 is 0 Å². The highest BCUT2D eigenvalue weighted by molar-refractivity contribution is 7.07. The molecule has 0 radical (unpaired) electrons. The van der Waals surface area contributed by atoms with Crippen LogP contribution in [0.2, 0.25) is 0 Å². The van der Waals surface area contributed by atoms with Crippen LogP contribution in [0.3, 0.4) is 0 Å². The molecular weight excluding hydrogens is 402 g/mol. The van der Waals surface area contributed by atoms with Gasteiger partial charge in [0.15, 0.2) is 0 Å². The Kier molecular flexibility index (Phi) is 6.36. The lowest BCUT2D eigenvalue weighted by Crippen LogP contribution is -2.41. The van der Waals surface area contributed by atoms with Gasteiger partial charge in [0.25, 0.3) is 11.5 Å². The van der Waals surface area contributed by atoms with Crippen LogP contribution in [-0.2, 0) is 24.3 Å². The van der Waals surface area contributed by atoms with Crippen molar-refractivity contribution in [3.05, 3.63) is 50.1 Å². The van der Waals surface area contributed by atoms with E-state index in [-0.39, 0.29) is 23.1 Å². The SMILES string of the molecule is COc1cc(=O)n2c(c1C(=O)N(C)Cc1ccsc1)CCN(C(=O)C(C)(C)C)CC2. The van der Waals surface area contributed by atoms with Crippen molar-refractivity contribution in [2.45, 2.75) is 40.3 Å². The molecule has 30 heavy (non-hydrogen) atoms. The molecule has 3 rings (SSSR count). The maximum Gasteiger partial charge on any atom is 0.259 e. The van der Waals surface area contributed by atoms with Crippen LogP contribution in [0.4, 0.5) is 0 Å². The molecule has 0 unspecified atom stereocenters. The van der Waals surface area contributed by atoms with Gasteiger partial charge in [-0.1, -0.05) is 20.8 Å². The standard InChI is InChI=1S/C22H29N3O4S/c1-22(2,3)21(28)24-8-6-16-19(17(29-5)12-18(26)25(16)10-9-24)20(27)23(4)13-15-7-11-30-14-15/h7,11-12,14H,6,8-10,13H2,1-5H3. The van der Waals surface area contributed by atoms with Gasteiger partial charge in [-0.25, -0.2) is 0 Å². The van der Waals surface area contributed by atoms with E-state index in [1.54, 1.807) is 32.8 Å². The number of thiophene rings is 1. The van der Waals surface area contributed by atoms with Gasteiger partial charge in [0.05, 0.1) is 7.11 Å². The van der Waals surface area contributed by atoms with E-state index in [0.29, 0.717) is 43.9 Å². The van der Waals surface area contributed by atoms with Gasteiger partial charge in [0.2, 0.25) is 5.91 Å². The van der Waals surface area contributed by atoms with E-state index in [4.69, 9.17) is 4.74 Å². The molecule has 2 aromatic heterocycles. The Hall–Kier alpha value is -2.61. The first kappa shape index (κ1) is 22.1. The lowest BCUT2D eigenvalue weighted by molar-refractivity contribution is -0.139. The maximum absolute atomic E-state index is 13.4. The molecule has 0 aromatic carbocycles. The van der Waals surface area contributed by atoms with E-state index in [1.807, 2.05) is 37.6 Å². The second-order valence-electron chi connectivity index (χ2n) is 8.61. The third kappa shape index (κ3) is 4.43. The van der Waals surface area contributed by atoms with Crippen molar-refractivity contribution in [2.75, 3.05) is 27.2 Å². The largest absolute Gasteiger partial charge is 0.496 e. The Morgan fingerprint density at radius 1 is 1.23 bits per heavy atom. The van der Waals surface area contributed by atoms with Crippen molar-refractivity contribution >= 4 is 23.2 Å². The van der Waals surface area contributed by atoms with E-state index in [1.165, 1.54) is 13.2 Å². The summed E-state index contributed by atoms with van der Waals surface area (Å²) in [5.41, 5.74) is 1.36. The number of carbonyl (C=O) groups excluding carboxylic acids is 2. The predicted molar refractivity (Wildman–Crippen MR) is 117 cm³/mol. The van der Waals surface area contributed by atoms with Crippen molar-refractivity contribution in [3.63, 3.8) is 0 Å². The van der Waals surface area contributed by atoms with Gasteiger partial charge in [-0.2, -0.15) is 11.3 Å². The van der Waals surface area contributed by atoms with Crippen LogP contribution in [-0.4, -0.2) is 53.4 Å². The van der Waals surface area contributed by atoms with E-state index < -0.39 is 5.41 Å². The van der Waals surface area contributed by atoms with Gasteiger partial charge in [-0.3, -0.25) is 14.4 Å². The number of hydrogen-bond acceptors (Lipinski definition) is 5. The van der Waals surface area contributed by atoms with Gasteiger partial charge in [-0.05, 0) is 22.4 Å². The Bertz CT molecular complexity index is 989. The average molecular weight is 432 g/mol. The summed E-state index contributed by atoms with van der Waals surface area (Å²) < 4.78 is 7.04. The molecule has 0 fully saturated rings. The van der Waals surface area contributed by atoms with Crippen LogP contribution in [0.5, 0.6) is 5.75 Å². The van der Waals surface area contributed by atoms with Crippen LogP contribution >= 0.6 is 11.3 Å². The monoisotopic (exact) mass is 431 g/mol. The van der Waals surface area contributed by atoms with Crippen molar-refractivity contribution < 1.29 is 14.3 Å². The van der Waals surface area contributed by atoms with Gasteiger partial charge >= 0.3 is 0 Å². The second-order valence-corrected chi connectivity index (χ2v) is 9.39. The summed E-state index contributed by atoms with van der Waals surface area (Å²) in [7, 11) is 3.21. The lowest BCUT2D eigenvalue weighted by atomic mass is 9.94. The number of fused-ring (bicyclic) bond motifs is 1. The molecule has 0 atom stereocenters. The molecular formula is C22H29N3O4S. The van der Waals surface area contributed by atoms with E-state index in [9.17, 15) is 14.4 Å². The van der Waals surface area contributed by atoms with Crippen LogP contribution in [0.1, 0.15) is 42.4 Å². The van der Waals surface area contributed by atoms with Crippen molar-refractivity contribution in [2.24, 2.45) is 5.41 Å². The number of methoxy groups -OCH3 is 1. The normalized spacial score (nSPS) is 14.1. The Morgan fingerprint density at radius 3 is 2.57 bits per heavy atom. The van der Waals surface area contributed by atoms with Crippen LogP contribution < -0.4 is 10.3 Å². The fourth-order valence-electron chi connectivity index (χ4n) is 3.74. The Labute approximate surface area is 180 Å². The first-order valence-corrected chi connectivity index (χ1v) is 10.9. The molecule has 0 spiro atoms. The molecule has 2 aromatic rings. The number of hydrogen-bond donors (Lipinski definition) is 0. The summed E-state index contributed by atoms with van der Waals surface area (Å²) in [6, 6.07) is 3.36. The topological polar surface area (TPSA) is 71.8 Å². The zero-order chi connectivity index (χ0) is 22.1. The first-order valence-electron chi connectivity index (χ1n) is 10.00. The summed E-state index contributed by atoms with van der Waals surface area (Å²) >= 11 is 1.58. The smallest absolute Gasteiger partial charge is 0.259 e. The fraction of sp³-hybridized carbons (Fsp3) is 0.500. The molecule has 162 valence electrons. The van der Waals surface area contributed by atoms with Gasteiger partial charge < -0.3 is 19.1 Å². The third-order valence-electron chi connectivity index (χ3n) is 5.30. The summed E-state index contributed by atoms with van der Waals surface area (Å²) in [5, 5.41) is 3.98. The van der Waals surface area contributed by atoms with Gasteiger partial charge in [-0.15, -0.1) is 0 Å². The molecule has 0 saturated carbocycles. The lowest BCUT2D eigenvalue weighted by Gasteiger charge is -2.28. The molecule has 2 amide bonds. The van der Waals surface area contributed by atoms with Crippen molar-refractivity contribution in [1.82, 2.24) is 14.4 Å². The summed E-state index contributed by atoms with van der Waals surface area (Å²) in [4.78, 5) is 42.3. The van der Waals surface area contributed by atoms with Crippen LogP contribution in [0.15, 0.2) is 27.7 Å². The second kappa shape index (κ2) is 8.63. The minimum Gasteiger partial charge on any atom is -0.496 e. The number of pyridine rings is 1. The summed E-state index contributed by atoms with van der Waals surface area (Å²) in [6.45, 7) is 7.38. The predicted octanol–water partition coefficient (Wildman–Crippen LogP) is 2.62. The quantitative estimate of drug-likeness (QED) is 0.746. The zero-order valence-electron chi connectivity index (χ0n) is 18.2. The van der Waals surface area contributed by atoms with E-state index in [0.717, 1.165) is 5.56 Å². The molecule has 1 aliphatic heterocycles. The van der Waals surface area contributed by atoms with Crippen LogP contribution in [0.25, 0.3) is 0 Å². The molecule has 0 aliphatic carbocycles. The highest BCUT2D eigenvalue weighted by atomic mass is 32.1. The molecule has 1 aliphatic rings. The summed E-state index contributed by atoms with van der Waals surface area (Å²) in [6.07, 6.45) is 0.418. The Morgan fingerprint density at radius 2 is 1.97 bits per heavy atom. The number of aromatic nitrogens is 1. The molecule has 0 bridgehead atoms. The zero-order valence-corrected chi connectivity index (χ0v) is 19.0. The Balaban J connectivity index is 1.97. The molecule has 0 saturated heterocycles. The van der Waals surface area contributed by atoms with Gasteiger partial charge in [0.1, 0.15) is 11.3 Å². The number of rotatable bonds is 4. The number of amides is 2. The molecule has 7 nitrogen and oxygen atoms in total. The molecule has 0 N–H and O–H groups in total. The van der Waals surface area contributed by atoms with Crippen molar-refractivity contribution in [1.29, 1.82) is 0 Å². The third-order valence-corrected chi connectivity index (χ3v) is 6.03.